The van der Waals surface area contributed by atoms with Crippen LogP contribution >= 0.6 is 0 Å². The minimum Gasteiger partial charge on any atom is -0.490 e. The zero-order valence-corrected chi connectivity index (χ0v) is 16.9. The molecule has 0 unspecified atom stereocenters. The lowest BCUT2D eigenvalue weighted by molar-refractivity contribution is -0.133. The van der Waals surface area contributed by atoms with Crippen molar-refractivity contribution >= 4 is 5.91 Å². The average molecular weight is 423 g/mol. The molecule has 2 aliphatic rings. The van der Waals surface area contributed by atoms with Gasteiger partial charge in [0.15, 0.2) is 11.5 Å². The highest BCUT2D eigenvalue weighted by Gasteiger charge is 2.31. The molecule has 0 bridgehead atoms. The Hall–Kier alpha value is -3.49. The molecule has 8 nitrogen and oxygen atoms in total. The number of rotatable bonds is 4. The molecule has 1 fully saturated rings. The second kappa shape index (κ2) is 8.33. The molecule has 1 amide bonds. The molecule has 0 N–H and O–H groups in total. The third kappa shape index (κ3) is 4.08. The van der Waals surface area contributed by atoms with E-state index in [2.05, 4.69) is 15.4 Å². The Labute approximate surface area is 178 Å². The van der Waals surface area contributed by atoms with Gasteiger partial charge in [-0.25, -0.2) is 4.39 Å². The SMILES string of the molecule is O=C(Cn1nnc(-c2ccc(F)cc2)n1)N1CCC[C@H]1c1ccc2c(c1)OCCCO2. The molecular formula is C22H22FN5O3. The number of amides is 1. The van der Waals surface area contributed by atoms with Crippen LogP contribution in [0.2, 0.25) is 0 Å². The van der Waals surface area contributed by atoms with Crippen LogP contribution in [-0.2, 0) is 11.3 Å². The van der Waals surface area contributed by atoms with Gasteiger partial charge in [-0.1, -0.05) is 6.07 Å². The third-order valence-electron chi connectivity index (χ3n) is 5.56. The van der Waals surface area contributed by atoms with Crippen LogP contribution in [0.25, 0.3) is 11.4 Å². The fourth-order valence-corrected chi connectivity index (χ4v) is 4.04. The Balaban J connectivity index is 1.30. The van der Waals surface area contributed by atoms with E-state index in [1.165, 1.54) is 16.9 Å². The number of halogens is 1. The number of tetrazole rings is 1. The van der Waals surface area contributed by atoms with E-state index in [0.29, 0.717) is 31.1 Å². The number of hydrogen-bond acceptors (Lipinski definition) is 6. The predicted molar refractivity (Wildman–Crippen MR) is 109 cm³/mol. The molecule has 1 atom stereocenters. The molecule has 1 aromatic heterocycles. The van der Waals surface area contributed by atoms with Gasteiger partial charge in [-0.2, -0.15) is 4.80 Å². The Morgan fingerprint density at radius 1 is 1.06 bits per heavy atom. The number of carbonyl (C=O) groups is 1. The maximum absolute atomic E-state index is 13.1. The standard InChI is InChI=1S/C22H22FN5O3/c23-17-7-4-15(5-8-17)22-24-26-28(25-22)14-21(29)27-10-1-3-18(27)16-6-9-19-20(13-16)31-12-2-11-30-19/h4-9,13,18H,1-3,10-12,14H2/t18-/m0/s1. The lowest BCUT2D eigenvalue weighted by atomic mass is 10.0. The van der Waals surface area contributed by atoms with Gasteiger partial charge < -0.3 is 14.4 Å². The van der Waals surface area contributed by atoms with E-state index in [9.17, 15) is 9.18 Å². The number of ether oxygens (including phenoxy) is 2. The van der Waals surface area contributed by atoms with Crippen molar-refractivity contribution in [2.75, 3.05) is 19.8 Å². The number of benzene rings is 2. The van der Waals surface area contributed by atoms with Gasteiger partial charge in [0.25, 0.3) is 0 Å². The molecule has 3 aromatic rings. The number of nitrogens with zero attached hydrogens (tertiary/aromatic N) is 5. The summed E-state index contributed by atoms with van der Waals surface area (Å²) in [5, 5.41) is 12.3. The topological polar surface area (TPSA) is 82.4 Å². The Morgan fingerprint density at radius 3 is 2.71 bits per heavy atom. The summed E-state index contributed by atoms with van der Waals surface area (Å²) in [6.07, 6.45) is 2.66. The minimum atomic E-state index is -0.332. The molecule has 0 saturated carbocycles. The Kier molecular flexibility index (Phi) is 5.23. The predicted octanol–water partition coefficient (Wildman–Crippen LogP) is 3.00. The summed E-state index contributed by atoms with van der Waals surface area (Å²) in [4.78, 5) is 16.2. The van der Waals surface area contributed by atoms with Crippen LogP contribution in [0.5, 0.6) is 11.5 Å². The lowest BCUT2D eigenvalue weighted by Crippen LogP contribution is -2.34. The summed E-state index contributed by atoms with van der Waals surface area (Å²) in [5.41, 5.74) is 1.68. The van der Waals surface area contributed by atoms with E-state index in [4.69, 9.17) is 9.47 Å². The minimum absolute atomic E-state index is 0.00472. The van der Waals surface area contributed by atoms with Crippen molar-refractivity contribution in [3.05, 3.63) is 53.8 Å². The maximum Gasteiger partial charge on any atom is 0.246 e. The van der Waals surface area contributed by atoms with Gasteiger partial charge >= 0.3 is 0 Å². The summed E-state index contributed by atoms with van der Waals surface area (Å²) >= 11 is 0. The first kappa shape index (κ1) is 19.5. The highest BCUT2D eigenvalue weighted by molar-refractivity contribution is 5.76. The monoisotopic (exact) mass is 423 g/mol. The van der Waals surface area contributed by atoms with Crippen LogP contribution < -0.4 is 9.47 Å². The maximum atomic E-state index is 13.1. The van der Waals surface area contributed by atoms with Crippen LogP contribution in [0.4, 0.5) is 4.39 Å². The Bertz CT molecular complexity index is 1090. The van der Waals surface area contributed by atoms with Gasteiger partial charge in [-0.15, -0.1) is 10.2 Å². The van der Waals surface area contributed by atoms with Crippen molar-refractivity contribution in [1.82, 2.24) is 25.1 Å². The number of fused-ring (bicyclic) bond motifs is 1. The quantitative estimate of drug-likeness (QED) is 0.642. The molecule has 2 aliphatic heterocycles. The summed E-state index contributed by atoms with van der Waals surface area (Å²) in [7, 11) is 0. The number of likely N-dealkylation sites (tertiary alicyclic amines) is 1. The normalized spacial score (nSPS) is 18.1. The van der Waals surface area contributed by atoms with E-state index in [-0.39, 0.29) is 24.3 Å². The van der Waals surface area contributed by atoms with Crippen molar-refractivity contribution in [3.63, 3.8) is 0 Å². The van der Waals surface area contributed by atoms with Crippen molar-refractivity contribution in [1.29, 1.82) is 0 Å². The fourth-order valence-electron chi connectivity index (χ4n) is 4.04. The van der Waals surface area contributed by atoms with Crippen LogP contribution in [-0.4, -0.2) is 50.8 Å². The van der Waals surface area contributed by atoms with Crippen molar-refractivity contribution in [3.8, 4) is 22.9 Å². The second-order valence-electron chi connectivity index (χ2n) is 7.65. The van der Waals surface area contributed by atoms with Crippen molar-refractivity contribution in [2.24, 2.45) is 0 Å². The van der Waals surface area contributed by atoms with E-state index in [1.54, 1.807) is 12.1 Å². The van der Waals surface area contributed by atoms with Crippen molar-refractivity contribution in [2.45, 2.75) is 31.8 Å². The van der Waals surface area contributed by atoms with Crippen LogP contribution in [0.1, 0.15) is 30.9 Å². The van der Waals surface area contributed by atoms with Gasteiger partial charge in [0.1, 0.15) is 12.4 Å². The first-order chi connectivity index (χ1) is 15.2. The zero-order valence-electron chi connectivity index (χ0n) is 16.9. The largest absolute Gasteiger partial charge is 0.490 e. The first-order valence-corrected chi connectivity index (χ1v) is 10.4. The summed E-state index contributed by atoms with van der Waals surface area (Å²) in [6.45, 7) is 1.94. The van der Waals surface area contributed by atoms with Gasteiger partial charge in [-0.05, 0) is 60.0 Å². The fraction of sp³-hybridized carbons (Fsp3) is 0.364. The van der Waals surface area contributed by atoms with Crippen LogP contribution in [0, 0.1) is 5.82 Å². The average Bonchev–Trinajstić information content (AvgIpc) is 3.39. The van der Waals surface area contributed by atoms with Crippen LogP contribution in [0.3, 0.4) is 0 Å². The van der Waals surface area contributed by atoms with E-state index in [0.717, 1.165) is 36.3 Å². The number of aromatic nitrogens is 4. The molecule has 160 valence electrons. The second-order valence-corrected chi connectivity index (χ2v) is 7.65. The lowest BCUT2D eigenvalue weighted by Gasteiger charge is -2.25. The van der Waals surface area contributed by atoms with E-state index < -0.39 is 0 Å². The summed E-state index contributed by atoms with van der Waals surface area (Å²) in [6, 6.07) is 11.7. The number of hydrogen-bond donors (Lipinski definition) is 0. The van der Waals surface area contributed by atoms with Gasteiger partial charge in [-0.3, -0.25) is 4.79 Å². The third-order valence-corrected chi connectivity index (χ3v) is 5.56. The smallest absolute Gasteiger partial charge is 0.246 e. The summed E-state index contributed by atoms with van der Waals surface area (Å²) in [5.74, 6) is 1.43. The number of carbonyl (C=O) groups excluding carboxylic acids is 1. The molecule has 9 heteroatoms. The molecule has 0 aliphatic carbocycles. The van der Waals surface area contributed by atoms with Crippen molar-refractivity contribution < 1.29 is 18.7 Å². The molecule has 3 heterocycles. The molecule has 0 radical (unpaired) electrons. The molecule has 2 aromatic carbocycles. The molecule has 5 rings (SSSR count). The van der Waals surface area contributed by atoms with E-state index >= 15 is 0 Å². The zero-order chi connectivity index (χ0) is 21.2. The van der Waals surface area contributed by atoms with Gasteiger partial charge in [0, 0.05) is 18.5 Å². The highest BCUT2D eigenvalue weighted by atomic mass is 19.1. The molecule has 1 saturated heterocycles. The van der Waals surface area contributed by atoms with E-state index in [1.807, 2.05) is 23.1 Å². The highest BCUT2D eigenvalue weighted by Crippen LogP contribution is 2.38. The van der Waals surface area contributed by atoms with Gasteiger partial charge in [0.2, 0.25) is 11.7 Å². The van der Waals surface area contributed by atoms with Crippen LogP contribution in [0.15, 0.2) is 42.5 Å². The molecular weight excluding hydrogens is 401 g/mol. The molecule has 31 heavy (non-hydrogen) atoms. The van der Waals surface area contributed by atoms with Gasteiger partial charge in [0.05, 0.1) is 19.3 Å². The molecule has 0 spiro atoms. The first-order valence-electron chi connectivity index (χ1n) is 10.4. The summed E-state index contributed by atoms with van der Waals surface area (Å²) < 4.78 is 24.6. The Morgan fingerprint density at radius 2 is 1.87 bits per heavy atom.